The van der Waals surface area contributed by atoms with E-state index < -0.39 is 23.6 Å². The lowest BCUT2D eigenvalue weighted by Gasteiger charge is -2.49. The number of phenols is 2. The first-order valence-corrected chi connectivity index (χ1v) is 24.6. The van der Waals surface area contributed by atoms with Gasteiger partial charge in [-0.3, -0.25) is 4.79 Å². The normalized spacial score (nSPS) is 32.7. The van der Waals surface area contributed by atoms with Crippen LogP contribution in [-0.2, 0) is 11.2 Å². The fourth-order valence-corrected chi connectivity index (χ4v) is 13.1. The second-order valence-corrected chi connectivity index (χ2v) is 20.4. The first kappa shape index (κ1) is 46.0. The first-order valence-electron chi connectivity index (χ1n) is 24.6. The fourth-order valence-electron chi connectivity index (χ4n) is 13.1. The molecule has 12 atom stereocenters. The highest BCUT2D eigenvalue weighted by molar-refractivity contribution is 5.71. The molecule has 10 nitrogen and oxygen atoms in total. The summed E-state index contributed by atoms with van der Waals surface area (Å²) in [6.45, 7) is 2.88. The third-order valence-corrected chi connectivity index (χ3v) is 16.4. The maximum Gasteiger partial charge on any atom is 0.309 e. The van der Waals surface area contributed by atoms with Gasteiger partial charge in [0.2, 0.25) is 0 Å². The molecule has 10 heteroatoms. The standard InChI is InChI=1S/C54H73N3O7/c1-2-3-5-10-34-15-16-36(48(59)27-34)13-8-9-14-37-17-19-41(46-21-22-47(57-46)42-30-40(58)31-49(60)43(42)26-33-11-6-4-7-12-33)45-29-39(25-35-23-24-56-50(55)28-35)44-20-18-38(32-54(44,45)64)52(61)51(37)53(62)63/h4,6-7,11-12,15-16,21-23,28,30-31,34,36-39,41,44-45,48,51-52,56-61,64H,2-3,5,8-10,13-14,17-20,24-27,29,32,55H2,1H3,(H,62,63). The number of aromatic amines is 1. The van der Waals surface area contributed by atoms with E-state index in [1.54, 1.807) is 6.07 Å². The summed E-state index contributed by atoms with van der Waals surface area (Å²) in [5.74, 6) is -1.50. The number of carboxylic acid groups (broad SMARTS) is 1. The molecule has 1 aliphatic heterocycles. The van der Waals surface area contributed by atoms with Gasteiger partial charge in [-0.25, -0.2) is 0 Å². The number of nitrogens with two attached hydrogens (primary N) is 1. The number of rotatable bonds is 16. The van der Waals surface area contributed by atoms with Crippen LogP contribution >= 0.6 is 0 Å². The molecule has 0 saturated heterocycles. The number of carbonyl (C=O) groups is 1. The summed E-state index contributed by atoms with van der Waals surface area (Å²) in [7, 11) is 0. The Labute approximate surface area is 379 Å². The minimum atomic E-state index is -1.12. The Morgan fingerprint density at radius 2 is 1.67 bits per heavy atom. The van der Waals surface area contributed by atoms with Gasteiger partial charge in [0.15, 0.2) is 0 Å². The van der Waals surface area contributed by atoms with Gasteiger partial charge in [0.05, 0.1) is 29.5 Å². The summed E-state index contributed by atoms with van der Waals surface area (Å²) in [4.78, 5) is 17.1. The SMILES string of the molecule is CCCCCC1C=CC(CCCCC2CCC(c3ccc(-c4cc(O)cc(O)c4Cc4ccccc4)[nH]3)C3CC(CC4=CCNC(N)=C4)C4CCC(CC43O)C(O)C2C(=O)O)C(O)C1. The highest BCUT2D eigenvalue weighted by Gasteiger charge is 2.60. The highest BCUT2D eigenvalue weighted by Crippen LogP contribution is 2.61. The molecule has 4 aliphatic carbocycles. The number of hydrogen-bond acceptors (Lipinski definition) is 8. The number of phenolic OH excluding ortho intramolecular Hbond substituents is 2. The minimum absolute atomic E-state index is 0.0152. The van der Waals surface area contributed by atoms with Gasteiger partial charge >= 0.3 is 5.97 Å². The number of aromatic hydroxyl groups is 2. The van der Waals surface area contributed by atoms with Crippen molar-refractivity contribution < 1.29 is 35.4 Å². The number of H-pyrrole nitrogens is 1. The Morgan fingerprint density at radius 3 is 2.44 bits per heavy atom. The van der Waals surface area contributed by atoms with Gasteiger partial charge in [0.1, 0.15) is 11.5 Å². The van der Waals surface area contributed by atoms with Crippen LogP contribution in [0.25, 0.3) is 11.3 Å². The van der Waals surface area contributed by atoms with Crippen LogP contribution in [0.3, 0.4) is 0 Å². The van der Waals surface area contributed by atoms with E-state index in [1.807, 2.05) is 42.5 Å². The molecule has 5 aliphatic rings. The predicted octanol–water partition coefficient (Wildman–Crippen LogP) is 9.44. The summed E-state index contributed by atoms with van der Waals surface area (Å²) < 4.78 is 0. The van der Waals surface area contributed by atoms with Crippen molar-refractivity contribution >= 4 is 5.97 Å². The molecule has 12 unspecified atom stereocenters. The Bertz CT molecular complexity index is 2150. The van der Waals surface area contributed by atoms with E-state index in [2.05, 4.69) is 41.5 Å². The minimum Gasteiger partial charge on any atom is -0.508 e. The zero-order chi connectivity index (χ0) is 45.0. The second kappa shape index (κ2) is 20.3. The number of allylic oxidation sites excluding steroid dienone is 3. The molecule has 3 saturated carbocycles. The van der Waals surface area contributed by atoms with Crippen LogP contribution in [0.1, 0.15) is 132 Å². The number of aliphatic hydroxyl groups excluding tert-OH is 2. The molecular weight excluding hydrogens is 803 g/mol. The van der Waals surface area contributed by atoms with Gasteiger partial charge in [-0.1, -0.05) is 87.6 Å². The van der Waals surface area contributed by atoms with Crippen molar-refractivity contribution in [3.63, 3.8) is 0 Å². The molecular formula is C54H73N3O7. The summed E-state index contributed by atoms with van der Waals surface area (Å²) >= 11 is 0. The van der Waals surface area contributed by atoms with Crippen molar-refractivity contribution in [3.8, 4) is 22.8 Å². The number of aromatic nitrogens is 1. The van der Waals surface area contributed by atoms with Gasteiger partial charge < -0.3 is 46.7 Å². The Kier molecular flexibility index (Phi) is 14.6. The Morgan fingerprint density at radius 1 is 0.875 bits per heavy atom. The zero-order valence-corrected chi connectivity index (χ0v) is 37.8. The lowest BCUT2D eigenvalue weighted by Crippen LogP contribution is -2.52. The van der Waals surface area contributed by atoms with Gasteiger partial charge in [0.25, 0.3) is 0 Å². The second-order valence-electron chi connectivity index (χ2n) is 20.4. The number of hydrogen-bond donors (Lipinski definition) is 9. The molecule has 0 amide bonds. The van der Waals surface area contributed by atoms with Gasteiger partial charge in [0, 0.05) is 53.4 Å². The van der Waals surface area contributed by atoms with Crippen molar-refractivity contribution in [2.45, 2.75) is 140 Å². The van der Waals surface area contributed by atoms with Crippen molar-refractivity contribution in [1.82, 2.24) is 10.3 Å². The third-order valence-electron chi connectivity index (χ3n) is 16.4. The number of benzene rings is 2. The van der Waals surface area contributed by atoms with Crippen LogP contribution in [0.4, 0.5) is 0 Å². The van der Waals surface area contributed by atoms with Crippen molar-refractivity contribution in [3.05, 3.63) is 107 Å². The van der Waals surface area contributed by atoms with E-state index in [9.17, 15) is 35.4 Å². The average Bonchev–Trinajstić information content (AvgIpc) is 3.86. The van der Waals surface area contributed by atoms with E-state index >= 15 is 0 Å². The molecule has 2 heterocycles. The van der Waals surface area contributed by atoms with Crippen molar-refractivity contribution in [2.75, 3.05) is 6.54 Å². The predicted molar refractivity (Wildman–Crippen MR) is 251 cm³/mol. The number of aliphatic hydroxyl groups is 3. The number of aliphatic carboxylic acids is 1. The summed E-state index contributed by atoms with van der Waals surface area (Å²) in [6.07, 6.45) is 21.0. The summed E-state index contributed by atoms with van der Waals surface area (Å²) in [6, 6.07) is 17.1. The molecule has 346 valence electrons. The fraction of sp³-hybridized carbons (Fsp3) is 0.574. The Balaban J connectivity index is 1.09. The number of unbranched alkanes of at least 4 members (excludes halogenated alkanes) is 3. The molecule has 1 aromatic heterocycles. The molecule has 10 N–H and O–H groups in total. The monoisotopic (exact) mass is 876 g/mol. The number of fused-ring (bicyclic) bond motifs is 1. The van der Waals surface area contributed by atoms with E-state index in [0.29, 0.717) is 74.4 Å². The highest BCUT2D eigenvalue weighted by atomic mass is 16.4. The van der Waals surface area contributed by atoms with E-state index in [4.69, 9.17) is 5.73 Å². The third kappa shape index (κ3) is 10.1. The van der Waals surface area contributed by atoms with E-state index in [1.165, 1.54) is 25.3 Å². The topological polar surface area (TPSA) is 192 Å². The van der Waals surface area contributed by atoms with Crippen LogP contribution < -0.4 is 11.1 Å². The largest absolute Gasteiger partial charge is 0.508 e. The van der Waals surface area contributed by atoms with E-state index in [-0.39, 0.29) is 59.0 Å². The lowest BCUT2D eigenvalue weighted by atomic mass is 9.60. The first-order chi connectivity index (χ1) is 30.9. The summed E-state index contributed by atoms with van der Waals surface area (Å²) in [5, 5.41) is 72.6. The van der Waals surface area contributed by atoms with Crippen molar-refractivity contribution in [1.29, 1.82) is 0 Å². The number of nitrogens with one attached hydrogen (secondary N) is 2. The maximum atomic E-state index is 13.4. The smallest absolute Gasteiger partial charge is 0.309 e. The quantitative estimate of drug-likeness (QED) is 0.0498. The van der Waals surface area contributed by atoms with Gasteiger partial charge in [-0.2, -0.15) is 0 Å². The van der Waals surface area contributed by atoms with Crippen molar-refractivity contribution in [2.24, 2.45) is 53.1 Å². The lowest BCUT2D eigenvalue weighted by molar-refractivity contribution is -0.158. The van der Waals surface area contributed by atoms with Crippen LogP contribution in [0.5, 0.6) is 11.5 Å². The number of dihydropyridines is 1. The molecule has 2 bridgehead atoms. The molecule has 0 spiro atoms. The molecule has 3 fully saturated rings. The van der Waals surface area contributed by atoms with Gasteiger partial charge in [-0.15, -0.1) is 0 Å². The van der Waals surface area contributed by atoms with Crippen LogP contribution in [0.15, 0.2) is 90.3 Å². The number of carboxylic acids is 1. The average molecular weight is 876 g/mol. The summed E-state index contributed by atoms with van der Waals surface area (Å²) in [5.41, 5.74) is 10.4. The van der Waals surface area contributed by atoms with E-state index in [0.717, 1.165) is 67.5 Å². The molecule has 3 aromatic rings. The molecule has 0 radical (unpaired) electrons. The molecule has 8 rings (SSSR count). The van der Waals surface area contributed by atoms with Crippen LogP contribution in [0.2, 0.25) is 0 Å². The molecule has 2 aromatic carbocycles. The van der Waals surface area contributed by atoms with Gasteiger partial charge in [-0.05, 0) is 142 Å². The Hall–Kier alpha value is -4.51. The van der Waals surface area contributed by atoms with Crippen LogP contribution in [-0.4, -0.2) is 65.9 Å². The molecule has 64 heavy (non-hydrogen) atoms. The maximum absolute atomic E-state index is 13.4. The van der Waals surface area contributed by atoms with Crippen LogP contribution in [0, 0.1) is 47.3 Å². The zero-order valence-electron chi connectivity index (χ0n) is 37.8.